The Morgan fingerprint density at radius 3 is 2.43 bits per heavy atom. The van der Waals surface area contributed by atoms with E-state index in [0.717, 1.165) is 6.07 Å². The van der Waals surface area contributed by atoms with E-state index < -0.39 is 15.8 Å². The van der Waals surface area contributed by atoms with E-state index in [1.165, 1.54) is 12.1 Å². The van der Waals surface area contributed by atoms with Crippen molar-refractivity contribution in [1.29, 1.82) is 0 Å². The summed E-state index contributed by atoms with van der Waals surface area (Å²) in [6.07, 6.45) is 0. The van der Waals surface area contributed by atoms with Crippen LogP contribution in [0.3, 0.4) is 0 Å². The summed E-state index contributed by atoms with van der Waals surface area (Å²) in [6.45, 7) is 4.45. The molecule has 0 spiro atoms. The van der Waals surface area contributed by atoms with Gasteiger partial charge >= 0.3 is 0 Å². The van der Waals surface area contributed by atoms with Gasteiger partial charge < -0.3 is 10.6 Å². The summed E-state index contributed by atoms with van der Waals surface area (Å²) in [5.41, 5.74) is 5.60. The number of nitrogens with two attached hydrogens (primary N) is 1. The molecule has 1 aromatic rings. The molecule has 0 fully saturated rings. The lowest BCUT2D eigenvalue weighted by Gasteiger charge is -2.25. The number of nitrogens with zero attached hydrogens (tertiary/aromatic N) is 1. The lowest BCUT2D eigenvalue weighted by atomic mass is 10.1. The van der Waals surface area contributed by atoms with Crippen molar-refractivity contribution in [3.63, 3.8) is 0 Å². The van der Waals surface area contributed by atoms with Crippen LogP contribution in [0, 0.1) is 11.7 Å². The van der Waals surface area contributed by atoms with E-state index in [1.807, 2.05) is 32.8 Å². The first-order chi connectivity index (χ1) is 9.67. The SMILES string of the molecule is CC(C)C(CN(C)C)NS(=O)(=O)c1ccc(F)c(CN)c1. The maximum absolute atomic E-state index is 13.4. The third-order valence-corrected chi connectivity index (χ3v) is 4.71. The van der Waals surface area contributed by atoms with Crippen molar-refractivity contribution in [3.8, 4) is 0 Å². The zero-order valence-corrected chi connectivity index (χ0v) is 13.7. The summed E-state index contributed by atoms with van der Waals surface area (Å²) in [4.78, 5) is 1.96. The quantitative estimate of drug-likeness (QED) is 0.791. The van der Waals surface area contributed by atoms with Gasteiger partial charge in [-0.15, -0.1) is 0 Å². The summed E-state index contributed by atoms with van der Waals surface area (Å²) in [7, 11) is 0.0677. The topological polar surface area (TPSA) is 75.4 Å². The summed E-state index contributed by atoms with van der Waals surface area (Å²) in [5, 5.41) is 0. The molecule has 21 heavy (non-hydrogen) atoms. The molecular weight excluding hydrogens is 293 g/mol. The van der Waals surface area contributed by atoms with E-state index in [2.05, 4.69) is 4.72 Å². The predicted octanol–water partition coefficient (Wildman–Crippen LogP) is 1.15. The Kier molecular flexibility index (Phi) is 6.27. The molecule has 1 atom stereocenters. The van der Waals surface area contributed by atoms with Crippen LogP contribution in [0.4, 0.5) is 4.39 Å². The Bertz CT molecular complexity index is 574. The van der Waals surface area contributed by atoms with E-state index in [4.69, 9.17) is 5.73 Å². The van der Waals surface area contributed by atoms with Gasteiger partial charge in [-0.05, 0) is 38.2 Å². The van der Waals surface area contributed by atoms with Gasteiger partial charge in [0.2, 0.25) is 10.0 Å². The number of hydrogen-bond donors (Lipinski definition) is 2. The highest BCUT2D eigenvalue weighted by Crippen LogP contribution is 2.16. The van der Waals surface area contributed by atoms with Crippen molar-refractivity contribution >= 4 is 10.0 Å². The van der Waals surface area contributed by atoms with Gasteiger partial charge in [-0.25, -0.2) is 17.5 Å². The van der Waals surface area contributed by atoms with Crippen LogP contribution in [0.2, 0.25) is 0 Å². The van der Waals surface area contributed by atoms with E-state index >= 15 is 0 Å². The molecule has 1 rings (SSSR count). The van der Waals surface area contributed by atoms with E-state index in [0.29, 0.717) is 6.54 Å². The highest BCUT2D eigenvalue weighted by molar-refractivity contribution is 7.89. The second-order valence-corrected chi connectivity index (χ2v) is 7.41. The number of likely N-dealkylation sites (N-methyl/N-ethyl adjacent to an activating group) is 1. The molecule has 0 aliphatic heterocycles. The molecule has 0 saturated heterocycles. The zero-order valence-electron chi connectivity index (χ0n) is 12.9. The lowest BCUT2D eigenvalue weighted by Crippen LogP contribution is -2.44. The fourth-order valence-electron chi connectivity index (χ4n) is 1.92. The average molecular weight is 317 g/mol. The van der Waals surface area contributed by atoms with Gasteiger partial charge in [0.25, 0.3) is 0 Å². The molecule has 1 aromatic carbocycles. The Balaban J connectivity index is 3.04. The number of halogens is 1. The zero-order chi connectivity index (χ0) is 16.2. The molecule has 0 aliphatic rings. The molecule has 0 aromatic heterocycles. The first kappa shape index (κ1) is 18.0. The molecule has 1 unspecified atom stereocenters. The lowest BCUT2D eigenvalue weighted by molar-refractivity contribution is 0.314. The largest absolute Gasteiger partial charge is 0.326 e. The fraction of sp³-hybridized carbons (Fsp3) is 0.571. The molecule has 0 heterocycles. The highest BCUT2D eigenvalue weighted by Gasteiger charge is 2.23. The Morgan fingerprint density at radius 1 is 1.33 bits per heavy atom. The van der Waals surface area contributed by atoms with Crippen LogP contribution in [0.15, 0.2) is 23.1 Å². The summed E-state index contributed by atoms with van der Waals surface area (Å²) in [6, 6.07) is 3.44. The summed E-state index contributed by atoms with van der Waals surface area (Å²) < 4.78 is 40.9. The number of benzene rings is 1. The van der Waals surface area contributed by atoms with E-state index in [1.54, 1.807) is 0 Å². The number of sulfonamides is 1. The van der Waals surface area contributed by atoms with Gasteiger partial charge in [0, 0.05) is 24.7 Å². The van der Waals surface area contributed by atoms with Crippen LogP contribution < -0.4 is 10.5 Å². The van der Waals surface area contributed by atoms with Crippen LogP contribution in [-0.2, 0) is 16.6 Å². The third-order valence-electron chi connectivity index (χ3n) is 3.22. The van der Waals surface area contributed by atoms with Gasteiger partial charge in [0.05, 0.1) is 4.90 Å². The Hall–Kier alpha value is -1.02. The predicted molar refractivity (Wildman–Crippen MR) is 81.8 cm³/mol. The minimum atomic E-state index is -3.70. The van der Waals surface area contributed by atoms with Gasteiger partial charge in [0.1, 0.15) is 5.82 Å². The van der Waals surface area contributed by atoms with Crippen LogP contribution in [0.25, 0.3) is 0 Å². The van der Waals surface area contributed by atoms with E-state index in [-0.39, 0.29) is 29.0 Å². The molecule has 0 aliphatic carbocycles. The van der Waals surface area contributed by atoms with Crippen molar-refractivity contribution in [2.24, 2.45) is 11.7 Å². The molecule has 0 saturated carbocycles. The van der Waals surface area contributed by atoms with Crippen molar-refractivity contribution < 1.29 is 12.8 Å². The van der Waals surface area contributed by atoms with E-state index in [9.17, 15) is 12.8 Å². The number of rotatable bonds is 7. The Labute approximate surface area is 126 Å². The Morgan fingerprint density at radius 2 is 1.95 bits per heavy atom. The summed E-state index contributed by atoms with van der Waals surface area (Å²) in [5.74, 6) is -0.359. The average Bonchev–Trinajstić information content (AvgIpc) is 2.37. The second-order valence-electron chi connectivity index (χ2n) is 5.69. The fourth-order valence-corrected chi connectivity index (χ4v) is 3.35. The maximum Gasteiger partial charge on any atom is 0.240 e. The third kappa shape index (κ3) is 5.03. The van der Waals surface area contributed by atoms with Crippen LogP contribution >= 0.6 is 0 Å². The van der Waals surface area contributed by atoms with Gasteiger partial charge in [0.15, 0.2) is 0 Å². The molecule has 0 bridgehead atoms. The van der Waals surface area contributed by atoms with Gasteiger partial charge in [-0.3, -0.25) is 0 Å². The van der Waals surface area contributed by atoms with Crippen LogP contribution in [-0.4, -0.2) is 40.0 Å². The molecule has 0 radical (unpaired) electrons. The van der Waals surface area contributed by atoms with Crippen LogP contribution in [0.1, 0.15) is 19.4 Å². The molecule has 7 heteroatoms. The summed E-state index contributed by atoms with van der Waals surface area (Å²) >= 11 is 0. The molecule has 3 N–H and O–H groups in total. The first-order valence-electron chi connectivity index (χ1n) is 6.83. The molecular formula is C14H24FN3O2S. The standard InChI is InChI=1S/C14H24FN3O2S/c1-10(2)14(9-18(3)4)17-21(19,20)12-5-6-13(15)11(7-12)8-16/h5-7,10,14,17H,8-9,16H2,1-4H3. The smallest absolute Gasteiger partial charge is 0.240 e. The second kappa shape index (κ2) is 7.31. The van der Waals surface area contributed by atoms with Crippen LogP contribution in [0.5, 0.6) is 0 Å². The van der Waals surface area contributed by atoms with Gasteiger partial charge in [-0.2, -0.15) is 0 Å². The van der Waals surface area contributed by atoms with Crippen molar-refractivity contribution in [2.75, 3.05) is 20.6 Å². The van der Waals surface area contributed by atoms with Gasteiger partial charge in [-0.1, -0.05) is 13.8 Å². The molecule has 5 nitrogen and oxygen atoms in total. The number of nitrogens with one attached hydrogen (secondary N) is 1. The van der Waals surface area contributed by atoms with Crippen molar-refractivity contribution in [3.05, 3.63) is 29.6 Å². The normalized spacial score (nSPS) is 13.9. The maximum atomic E-state index is 13.4. The minimum absolute atomic E-state index is 0.0359. The van der Waals surface area contributed by atoms with Crippen molar-refractivity contribution in [1.82, 2.24) is 9.62 Å². The molecule has 120 valence electrons. The monoisotopic (exact) mass is 317 g/mol. The minimum Gasteiger partial charge on any atom is -0.326 e. The van der Waals surface area contributed by atoms with Crippen molar-refractivity contribution in [2.45, 2.75) is 31.3 Å². The number of hydrogen-bond acceptors (Lipinski definition) is 4. The highest BCUT2D eigenvalue weighted by atomic mass is 32.2. The molecule has 0 amide bonds. The first-order valence-corrected chi connectivity index (χ1v) is 8.31.